The van der Waals surface area contributed by atoms with Crippen LogP contribution in [0.15, 0.2) is 88.4 Å². The van der Waals surface area contributed by atoms with Gasteiger partial charge in [-0.2, -0.15) is 5.10 Å². The quantitative estimate of drug-likeness (QED) is 0.319. The van der Waals surface area contributed by atoms with Crippen LogP contribution in [0.5, 0.6) is 5.75 Å². The maximum absolute atomic E-state index is 12.9. The molecule has 0 unspecified atom stereocenters. The van der Waals surface area contributed by atoms with Crippen molar-refractivity contribution >= 4 is 39.0 Å². The van der Waals surface area contributed by atoms with Gasteiger partial charge in [0.2, 0.25) is 0 Å². The first-order valence-corrected chi connectivity index (χ1v) is 10.1. The van der Waals surface area contributed by atoms with E-state index in [4.69, 9.17) is 9.72 Å². The first-order valence-electron chi connectivity index (χ1n) is 9.27. The summed E-state index contributed by atoms with van der Waals surface area (Å²) < 4.78 is 6.09. The SMILES string of the molecule is COc1ccc(/C=N/NC(=O)c2cc(-c3cccc(Br)c3)nc3ccccc23)cc1. The first kappa shape index (κ1) is 19.8. The van der Waals surface area contributed by atoms with Crippen LogP contribution in [0.25, 0.3) is 22.2 Å². The van der Waals surface area contributed by atoms with E-state index in [1.54, 1.807) is 19.4 Å². The van der Waals surface area contributed by atoms with Gasteiger partial charge in [-0.15, -0.1) is 0 Å². The van der Waals surface area contributed by atoms with E-state index < -0.39 is 0 Å². The molecule has 1 heterocycles. The summed E-state index contributed by atoms with van der Waals surface area (Å²) in [5.41, 5.74) is 6.38. The zero-order valence-corrected chi connectivity index (χ0v) is 17.8. The molecule has 0 saturated carbocycles. The minimum Gasteiger partial charge on any atom is -0.497 e. The number of hydrogen-bond acceptors (Lipinski definition) is 4. The number of fused-ring (bicyclic) bond motifs is 1. The lowest BCUT2D eigenvalue weighted by atomic mass is 10.0. The number of carbonyl (C=O) groups excluding carboxylic acids is 1. The molecule has 0 fully saturated rings. The second-order valence-electron chi connectivity index (χ2n) is 6.55. The number of rotatable bonds is 5. The van der Waals surface area contributed by atoms with Crippen LogP contribution < -0.4 is 10.2 Å². The van der Waals surface area contributed by atoms with Crippen LogP contribution in [-0.2, 0) is 0 Å². The van der Waals surface area contributed by atoms with Gasteiger partial charge in [-0.3, -0.25) is 4.79 Å². The first-order chi connectivity index (χ1) is 14.6. The Labute approximate surface area is 182 Å². The third kappa shape index (κ3) is 4.39. The number of benzene rings is 3. The highest BCUT2D eigenvalue weighted by Crippen LogP contribution is 2.26. The van der Waals surface area contributed by atoms with E-state index in [9.17, 15) is 4.79 Å². The Balaban J connectivity index is 1.64. The normalized spacial score (nSPS) is 11.0. The number of nitrogens with zero attached hydrogens (tertiary/aromatic N) is 2. The molecular weight excluding hydrogens is 442 g/mol. The van der Waals surface area contributed by atoms with Crippen LogP contribution >= 0.6 is 15.9 Å². The number of hydrogen-bond donors (Lipinski definition) is 1. The van der Waals surface area contributed by atoms with Crippen molar-refractivity contribution in [3.05, 3.63) is 94.5 Å². The Kier molecular flexibility index (Phi) is 5.86. The van der Waals surface area contributed by atoms with E-state index >= 15 is 0 Å². The van der Waals surface area contributed by atoms with Crippen molar-refractivity contribution in [3.63, 3.8) is 0 Å². The van der Waals surface area contributed by atoms with Crippen molar-refractivity contribution < 1.29 is 9.53 Å². The van der Waals surface area contributed by atoms with Gasteiger partial charge in [-0.05, 0) is 54.1 Å². The fourth-order valence-electron chi connectivity index (χ4n) is 3.07. The Bertz CT molecular complexity index is 1240. The number of amides is 1. The molecule has 0 saturated heterocycles. The number of hydrazone groups is 1. The summed E-state index contributed by atoms with van der Waals surface area (Å²) in [7, 11) is 1.62. The van der Waals surface area contributed by atoms with Crippen molar-refractivity contribution in [2.45, 2.75) is 0 Å². The zero-order chi connectivity index (χ0) is 20.9. The largest absolute Gasteiger partial charge is 0.497 e. The second kappa shape index (κ2) is 8.88. The predicted molar refractivity (Wildman–Crippen MR) is 123 cm³/mol. The molecule has 0 aliphatic carbocycles. The predicted octanol–water partition coefficient (Wildman–Crippen LogP) is 5.44. The fraction of sp³-hybridized carbons (Fsp3) is 0.0417. The maximum Gasteiger partial charge on any atom is 0.272 e. The minimum atomic E-state index is -0.297. The van der Waals surface area contributed by atoms with Crippen molar-refractivity contribution in [3.8, 4) is 17.0 Å². The van der Waals surface area contributed by atoms with Gasteiger partial charge in [0.25, 0.3) is 5.91 Å². The van der Waals surface area contributed by atoms with Crippen molar-refractivity contribution in [1.29, 1.82) is 0 Å². The Hall–Kier alpha value is -3.51. The molecule has 3 aromatic carbocycles. The second-order valence-corrected chi connectivity index (χ2v) is 7.47. The van der Waals surface area contributed by atoms with Gasteiger partial charge in [-0.25, -0.2) is 10.4 Å². The molecule has 0 aliphatic rings. The summed E-state index contributed by atoms with van der Waals surface area (Å²) in [6.45, 7) is 0. The van der Waals surface area contributed by atoms with Crippen molar-refractivity contribution in [1.82, 2.24) is 10.4 Å². The lowest BCUT2D eigenvalue weighted by molar-refractivity contribution is 0.0956. The number of ether oxygens (including phenoxy) is 1. The van der Waals surface area contributed by atoms with Gasteiger partial charge < -0.3 is 4.74 Å². The van der Waals surface area contributed by atoms with Gasteiger partial charge in [0, 0.05) is 15.4 Å². The van der Waals surface area contributed by atoms with Gasteiger partial charge in [0.05, 0.1) is 30.1 Å². The van der Waals surface area contributed by atoms with E-state index in [2.05, 4.69) is 26.5 Å². The zero-order valence-electron chi connectivity index (χ0n) is 16.2. The summed E-state index contributed by atoms with van der Waals surface area (Å²) >= 11 is 3.49. The van der Waals surface area contributed by atoms with Crippen LogP contribution in [0.3, 0.4) is 0 Å². The molecule has 6 heteroatoms. The fourth-order valence-corrected chi connectivity index (χ4v) is 3.47. The third-order valence-electron chi connectivity index (χ3n) is 4.58. The van der Waals surface area contributed by atoms with Crippen LogP contribution in [-0.4, -0.2) is 24.2 Å². The third-order valence-corrected chi connectivity index (χ3v) is 5.07. The average Bonchev–Trinajstić information content (AvgIpc) is 2.78. The van der Waals surface area contributed by atoms with Crippen molar-refractivity contribution in [2.75, 3.05) is 7.11 Å². The number of aromatic nitrogens is 1. The van der Waals surface area contributed by atoms with Crippen LogP contribution in [0.1, 0.15) is 15.9 Å². The molecule has 0 radical (unpaired) electrons. The molecule has 1 amide bonds. The van der Waals surface area contributed by atoms with Gasteiger partial charge in [0.1, 0.15) is 5.75 Å². The number of halogens is 1. The van der Waals surface area contributed by atoms with E-state index in [-0.39, 0.29) is 5.91 Å². The number of carbonyl (C=O) groups is 1. The van der Waals surface area contributed by atoms with Gasteiger partial charge in [-0.1, -0.05) is 46.3 Å². The standard InChI is InChI=1S/C24H18BrN3O2/c1-30-19-11-9-16(10-12-19)15-26-28-24(29)21-14-23(17-5-4-6-18(25)13-17)27-22-8-3-2-7-20(21)22/h2-15H,1H3,(H,28,29)/b26-15+. The summed E-state index contributed by atoms with van der Waals surface area (Å²) in [4.78, 5) is 17.6. The maximum atomic E-state index is 12.9. The van der Waals surface area contributed by atoms with Crippen LogP contribution in [0.4, 0.5) is 0 Å². The topological polar surface area (TPSA) is 63.6 Å². The molecule has 0 atom stereocenters. The van der Waals surface area contributed by atoms with Crippen LogP contribution in [0.2, 0.25) is 0 Å². The molecule has 1 N–H and O–H groups in total. The van der Waals surface area contributed by atoms with Gasteiger partial charge >= 0.3 is 0 Å². The smallest absolute Gasteiger partial charge is 0.272 e. The highest BCUT2D eigenvalue weighted by Gasteiger charge is 2.13. The number of methoxy groups -OCH3 is 1. The molecule has 4 aromatic rings. The van der Waals surface area contributed by atoms with E-state index in [0.29, 0.717) is 5.56 Å². The number of nitrogens with one attached hydrogen (secondary N) is 1. The Morgan fingerprint density at radius 3 is 2.60 bits per heavy atom. The van der Waals surface area contributed by atoms with E-state index in [1.807, 2.05) is 72.8 Å². The molecule has 148 valence electrons. The molecule has 0 spiro atoms. The highest BCUT2D eigenvalue weighted by molar-refractivity contribution is 9.10. The minimum absolute atomic E-state index is 0.297. The summed E-state index contributed by atoms with van der Waals surface area (Å²) in [6.07, 6.45) is 1.59. The number of pyridine rings is 1. The number of para-hydroxylation sites is 1. The summed E-state index contributed by atoms with van der Waals surface area (Å²) in [5.74, 6) is 0.467. The molecule has 1 aromatic heterocycles. The van der Waals surface area contributed by atoms with Crippen molar-refractivity contribution in [2.24, 2.45) is 5.10 Å². The summed E-state index contributed by atoms with van der Waals surface area (Å²) in [6, 6.07) is 24.6. The summed E-state index contributed by atoms with van der Waals surface area (Å²) in [5, 5.41) is 4.88. The van der Waals surface area contributed by atoms with E-state index in [0.717, 1.165) is 37.9 Å². The molecular formula is C24H18BrN3O2. The molecule has 0 bridgehead atoms. The van der Waals surface area contributed by atoms with Gasteiger partial charge in [0.15, 0.2) is 0 Å². The monoisotopic (exact) mass is 459 g/mol. The Morgan fingerprint density at radius 2 is 1.83 bits per heavy atom. The lowest BCUT2D eigenvalue weighted by Crippen LogP contribution is -2.18. The lowest BCUT2D eigenvalue weighted by Gasteiger charge is -2.09. The molecule has 4 rings (SSSR count). The Morgan fingerprint density at radius 1 is 1.03 bits per heavy atom. The molecule has 5 nitrogen and oxygen atoms in total. The van der Waals surface area contributed by atoms with E-state index in [1.165, 1.54) is 0 Å². The molecule has 0 aliphatic heterocycles. The van der Waals surface area contributed by atoms with Crippen LogP contribution in [0, 0.1) is 0 Å². The average molecular weight is 460 g/mol. The molecule has 30 heavy (non-hydrogen) atoms. The highest BCUT2D eigenvalue weighted by atomic mass is 79.9.